The van der Waals surface area contributed by atoms with E-state index in [2.05, 4.69) is 5.32 Å². The monoisotopic (exact) mass is 416 g/mol. The zero-order valence-electron chi connectivity index (χ0n) is 16.6. The van der Waals surface area contributed by atoms with E-state index in [-0.39, 0.29) is 11.8 Å². The van der Waals surface area contributed by atoms with E-state index < -0.39 is 0 Å². The standard InChI is InChI=1S/C22H25ClN2O4/c1-28-19-8-7-16(13-20(19)29-2)21(26)24-14-15-9-11-25(12-10-15)22(27)17-5-3-4-6-18(17)23/h3-8,13,15H,9-12,14H2,1-2H3,(H,24,26). The number of likely N-dealkylation sites (tertiary alicyclic amines) is 1. The molecule has 6 nitrogen and oxygen atoms in total. The van der Waals surface area contributed by atoms with E-state index in [1.165, 1.54) is 7.11 Å². The number of nitrogens with one attached hydrogen (secondary N) is 1. The maximum atomic E-state index is 12.6. The summed E-state index contributed by atoms with van der Waals surface area (Å²) in [4.78, 5) is 26.9. The summed E-state index contributed by atoms with van der Waals surface area (Å²) in [6, 6.07) is 12.2. The average molecular weight is 417 g/mol. The zero-order valence-corrected chi connectivity index (χ0v) is 17.4. The van der Waals surface area contributed by atoms with Crippen LogP contribution in [0.5, 0.6) is 11.5 Å². The number of rotatable bonds is 6. The molecule has 2 aromatic rings. The van der Waals surface area contributed by atoms with Crippen LogP contribution in [0, 0.1) is 5.92 Å². The lowest BCUT2D eigenvalue weighted by Gasteiger charge is -2.32. The smallest absolute Gasteiger partial charge is 0.255 e. The summed E-state index contributed by atoms with van der Waals surface area (Å²) < 4.78 is 10.4. The largest absolute Gasteiger partial charge is 0.493 e. The molecule has 0 bridgehead atoms. The first-order valence-corrected chi connectivity index (χ1v) is 9.95. The molecule has 0 unspecified atom stereocenters. The molecule has 2 amide bonds. The van der Waals surface area contributed by atoms with Crippen molar-refractivity contribution in [1.82, 2.24) is 10.2 Å². The first kappa shape index (κ1) is 21.0. The first-order chi connectivity index (χ1) is 14.0. The fourth-order valence-electron chi connectivity index (χ4n) is 3.46. The van der Waals surface area contributed by atoms with Crippen LogP contribution in [0.3, 0.4) is 0 Å². The minimum Gasteiger partial charge on any atom is -0.493 e. The Hall–Kier alpha value is -2.73. The minimum absolute atomic E-state index is 0.0385. The van der Waals surface area contributed by atoms with Gasteiger partial charge in [-0.05, 0) is 49.1 Å². The Kier molecular flexibility index (Phi) is 6.99. The van der Waals surface area contributed by atoms with Crippen molar-refractivity contribution in [1.29, 1.82) is 0 Å². The van der Waals surface area contributed by atoms with Gasteiger partial charge in [0.2, 0.25) is 0 Å². The summed E-state index contributed by atoms with van der Waals surface area (Å²) in [6.45, 7) is 1.88. The van der Waals surface area contributed by atoms with E-state index >= 15 is 0 Å². The van der Waals surface area contributed by atoms with Crippen LogP contribution in [-0.4, -0.2) is 50.6 Å². The van der Waals surface area contributed by atoms with Crippen molar-refractivity contribution in [2.75, 3.05) is 33.9 Å². The fraction of sp³-hybridized carbons (Fsp3) is 0.364. The van der Waals surface area contributed by atoms with Gasteiger partial charge in [0.25, 0.3) is 11.8 Å². The Labute approximate surface area is 175 Å². The Balaban J connectivity index is 1.50. The van der Waals surface area contributed by atoms with Crippen LogP contribution >= 0.6 is 11.6 Å². The lowest BCUT2D eigenvalue weighted by molar-refractivity contribution is 0.0684. The van der Waals surface area contributed by atoms with Crippen molar-refractivity contribution < 1.29 is 19.1 Å². The summed E-state index contributed by atoms with van der Waals surface area (Å²) in [5.74, 6) is 1.24. The SMILES string of the molecule is COc1ccc(C(=O)NCC2CCN(C(=O)c3ccccc3Cl)CC2)cc1OC. The van der Waals surface area contributed by atoms with Gasteiger partial charge in [-0.15, -0.1) is 0 Å². The number of hydrogen-bond donors (Lipinski definition) is 1. The van der Waals surface area contributed by atoms with Crippen LogP contribution in [0.1, 0.15) is 33.6 Å². The van der Waals surface area contributed by atoms with Crippen LogP contribution in [0.4, 0.5) is 0 Å². The lowest BCUT2D eigenvalue weighted by atomic mass is 9.96. The number of benzene rings is 2. The van der Waals surface area contributed by atoms with E-state index in [0.29, 0.717) is 53.2 Å². The van der Waals surface area contributed by atoms with Crippen LogP contribution in [0.2, 0.25) is 5.02 Å². The number of amides is 2. The van der Waals surface area contributed by atoms with Crippen molar-refractivity contribution in [2.24, 2.45) is 5.92 Å². The number of carbonyl (C=O) groups excluding carboxylic acids is 2. The maximum absolute atomic E-state index is 12.6. The topological polar surface area (TPSA) is 67.9 Å². The molecule has 1 aliphatic rings. The molecule has 0 radical (unpaired) electrons. The molecular formula is C22H25ClN2O4. The highest BCUT2D eigenvalue weighted by Gasteiger charge is 2.25. The molecule has 1 heterocycles. The van der Waals surface area contributed by atoms with E-state index in [9.17, 15) is 9.59 Å². The number of halogens is 1. The predicted molar refractivity (Wildman–Crippen MR) is 112 cm³/mol. The predicted octanol–water partition coefficient (Wildman–Crippen LogP) is 3.64. The number of carbonyl (C=O) groups is 2. The molecule has 7 heteroatoms. The third kappa shape index (κ3) is 5.01. The average Bonchev–Trinajstić information content (AvgIpc) is 2.77. The second-order valence-electron chi connectivity index (χ2n) is 7.00. The maximum Gasteiger partial charge on any atom is 0.255 e. The number of ether oxygens (including phenoxy) is 2. The van der Waals surface area contributed by atoms with Gasteiger partial charge in [0.1, 0.15) is 0 Å². The van der Waals surface area contributed by atoms with Gasteiger partial charge in [-0.3, -0.25) is 9.59 Å². The Bertz CT molecular complexity index is 879. The summed E-state index contributed by atoms with van der Waals surface area (Å²) in [5, 5.41) is 3.46. The molecule has 0 aliphatic carbocycles. The Morgan fingerprint density at radius 1 is 1.07 bits per heavy atom. The lowest BCUT2D eigenvalue weighted by Crippen LogP contribution is -2.41. The number of piperidine rings is 1. The molecule has 0 atom stereocenters. The van der Waals surface area contributed by atoms with Crippen molar-refractivity contribution >= 4 is 23.4 Å². The van der Waals surface area contributed by atoms with Gasteiger partial charge >= 0.3 is 0 Å². The van der Waals surface area contributed by atoms with Gasteiger partial charge in [-0.2, -0.15) is 0 Å². The Morgan fingerprint density at radius 3 is 2.41 bits per heavy atom. The number of nitrogens with zero attached hydrogens (tertiary/aromatic N) is 1. The summed E-state index contributed by atoms with van der Waals surface area (Å²) >= 11 is 6.14. The Morgan fingerprint density at radius 2 is 1.76 bits per heavy atom. The molecule has 3 rings (SSSR count). The second-order valence-corrected chi connectivity index (χ2v) is 7.40. The van der Waals surface area contributed by atoms with Crippen molar-refractivity contribution in [2.45, 2.75) is 12.8 Å². The highest BCUT2D eigenvalue weighted by atomic mass is 35.5. The second kappa shape index (κ2) is 9.65. The van der Waals surface area contributed by atoms with Crippen LogP contribution in [0.25, 0.3) is 0 Å². The van der Waals surface area contributed by atoms with Crippen LogP contribution in [-0.2, 0) is 0 Å². The van der Waals surface area contributed by atoms with Crippen molar-refractivity contribution in [3.8, 4) is 11.5 Å². The third-order valence-electron chi connectivity index (χ3n) is 5.20. The van der Waals surface area contributed by atoms with E-state index in [0.717, 1.165) is 12.8 Å². The van der Waals surface area contributed by atoms with Gasteiger partial charge in [-0.25, -0.2) is 0 Å². The quantitative estimate of drug-likeness (QED) is 0.780. The fourth-order valence-corrected chi connectivity index (χ4v) is 3.68. The highest BCUT2D eigenvalue weighted by molar-refractivity contribution is 6.33. The summed E-state index contributed by atoms with van der Waals surface area (Å²) in [6.07, 6.45) is 1.67. The van der Waals surface area contributed by atoms with E-state index in [4.69, 9.17) is 21.1 Å². The van der Waals surface area contributed by atoms with Gasteiger partial charge in [0.15, 0.2) is 11.5 Å². The zero-order chi connectivity index (χ0) is 20.8. The normalized spacial score (nSPS) is 14.4. The minimum atomic E-state index is -0.152. The van der Waals surface area contributed by atoms with E-state index in [1.54, 1.807) is 37.4 Å². The van der Waals surface area contributed by atoms with Crippen LogP contribution < -0.4 is 14.8 Å². The summed E-state index contributed by atoms with van der Waals surface area (Å²) in [5.41, 5.74) is 1.06. The number of hydrogen-bond acceptors (Lipinski definition) is 4. The van der Waals surface area contributed by atoms with Gasteiger partial charge in [0.05, 0.1) is 24.8 Å². The van der Waals surface area contributed by atoms with Crippen LogP contribution in [0.15, 0.2) is 42.5 Å². The van der Waals surface area contributed by atoms with E-state index in [1.807, 2.05) is 17.0 Å². The van der Waals surface area contributed by atoms with Crippen molar-refractivity contribution in [3.63, 3.8) is 0 Å². The molecule has 0 spiro atoms. The number of methoxy groups -OCH3 is 2. The molecular weight excluding hydrogens is 392 g/mol. The molecule has 1 aliphatic heterocycles. The van der Waals surface area contributed by atoms with Gasteiger partial charge in [-0.1, -0.05) is 23.7 Å². The van der Waals surface area contributed by atoms with Gasteiger partial charge in [0, 0.05) is 25.2 Å². The van der Waals surface area contributed by atoms with Gasteiger partial charge < -0.3 is 19.7 Å². The molecule has 29 heavy (non-hydrogen) atoms. The highest BCUT2D eigenvalue weighted by Crippen LogP contribution is 2.27. The van der Waals surface area contributed by atoms with Crippen molar-refractivity contribution in [3.05, 3.63) is 58.6 Å². The third-order valence-corrected chi connectivity index (χ3v) is 5.53. The molecule has 1 saturated heterocycles. The molecule has 1 fully saturated rings. The molecule has 2 aromatic carbocycles. The molecule has 154 valence electrons. The first-order valence-electron chi connectivity index (χ1n) is 9.57. The summed E-state index contributed by atoms with van der Waals surface area (Å²) in [7, 11) is 3.09. The molecule has 0 saturated carbocycles. The molecule has 1 N–H and O–H groups in total. The molecule has 0 aromatic heterocycles.